The molecule has 0 unspecified atom stereocenters. The van der Waals surface area contributed by atoms with Gasteiger partial charge in [-0.05, 0) is 75.9 Å². The van der Waals surface area contributed by atoms with Crippen LogP contribution in [0.3, 0.4) is 0 Å². The predicted octanol–water partition coefficient (Wildman–Crippen LogP) is 4.78. The van der Waals surface area contributed by atoms with Crippen molar-refractivity contribution in [3.63, 3.8) is 0 Å². The molecule has 1 aliphatic carbocycles. The fourth-order valence-electron chi connectivity index (χ4n) is 5.07. The molecule has 204 valence electrons. The van der Waals surface area contributed by atoms with Crippen LogP contribution in [-0.2, 0) is 10.0 Å². The summed E-state index contributed by atoms with van der Waals surface area (Å²) in [5.74, 6) is 0.448. The number of hydrogen-bond acceptors (Lipinski definition) is 6. The SMILES string of the molecule is CC(C)Oc1ccccc1N1CCN(C2CCC(NS(=O)(=O)c3ccc(OC(F)(F)F)cc3)CC2)CC1. The number of nitrogens with zero attached hydrogens (tertiary/aromatic N) is 2. The van der Waals surface area contributed by atoms with Gasteiger partial charge in [-0.1, -0.05) is 12.1 Å². The van der Waals surface area contributed by atoms with Crippen molar-refractivity contribution in [2.24, 2.45) is 0 Å². The zero-order valence-electron chi connectivity index (χ0n) is 21.1. The maximum atomic E-state index is 12.7. The third kappa shape index (κ3) is 7.52. The molecule has 0 radical (unpaired) electrons. The Morgan fingerprint density at radius 1 is 0.919 bits per heavy atom. The van der Waals surface area contributed by atoms with Crippen LogP contribution in [0.15, 0.2) is 53.4 Å². The molecule has 1 N–H and O–H groups in total. The zero-order chi connectivity index (χ0) is 26.6. The maximum absolute atomic E-state index is 12.7. The maximum Gasteiger partial charge on any atom is 0.573 e. The number of piperazine rings is 1. The first-order valence-electron chi connectivity index (χ1n) is 12.6. The van der Waals surface area contributed by atoms with E-state index in [2.05, 4.69) is 25.3 Å². The summed E-state index contributed by atoms with van der Waals surface area (Å²) in [5, 5.41) is 0. The van der Waals surface area contributed by atoms with Gasteiger partial charge in [0.2, 0.25) is 10.0 Å². The van der Waals surface area contributed by atoms with Crippen LogP contribution in [0.1, 0.15) is 39.5 Å². The molecule has 1 aliphatic heterocycles. The average molecular weight is 542 g/mol. The molecule has 2 aliphatic rings. The van der Waals surface area contributed by atoms with Crippen LogP contribution in [0.5, 0.6) is 11.5 Å². The topological polar surface area (TPSA) is 71.1 Å². The van der Waals surface area contributed by atoms with Gasteiger partial charge in [-0.2, -0.15) is 0 Å². The minimum absolute atomic E-state index is 0.0815. The highest BCUT2D eigenvalue weighted by atomic mass is 32.2. The van der Waals surface area contributed by atoms with Crippen molar-refractivity contribution >= 4 is 15.7 Å². The van der Waals surface area contributed by atoms with Gasteiger partial charge >= 0.3 is 6.36 Å². The van der Waals surface area contributed by atoms with Gasteiger partial charge in [-0.25, -0.2) is 13.1 Å². The summed E-state index contributed by atoms with van der Waals surface area (Å²) in [4.78, 5) is 4.77. The van der Waals surface area contributed by atoms with Gasteiger partial charge in [0.05, 0.1) is 16.7 Å². The van der Waals surface area contributed by atoms with Gasteiger partial charge < -0.3 is 14.4 Å². The van der Waals surface area contributed by atoms with E-state index >= 15 is 0 Å². The lowest BCUT2D eigenvalue weighted by atomic mass is 9.90. The van der Waals surface area contributed by atoms with Crippen LogP contribution in [0, 0.1) is 0 Å². The molecule has 1 saturated carbocycles. The second-order valence-corrected chi connectivity index (χ2v) is 11.5. The van der Waals surface area contributed by atoms with Gasteiger partial charge in [0.1, 0.15) is 11.5 Å². The highest BCUT2D eigenvalue weighted by Gasteiger charge is 2.32. The number of halogens is 3. The Bertz CT molecular complexity index is 1130. The van der Waals surface area contributed by atoms with Gasteiger partial charge in [-0.15, -0.1) is 13.2 Å². The third-order valence-electron chi connectivity index (χ3n) is 6.79. The first kappa shape index (κ1) is 27.5. The van der Waals surface area contributed by atoms with E-state index in [9.17, 15) is 21.6 Å². The number of para-hydroxylation sites is 2. The van der Waals surface area contributed by atoms with E-state index < -0.39 is 22.1 Å². The van der Waals surface area contributed by atoms with Crippen molar-refractivity contribution in [3.05, 3.63) is 48.5 Å². The lowest BCUT2D eigenvalue weighted by Crippen LogP contribution is -2.52. The van der Waals surface area contributed by atoms with Crippen LogP contribution in [0.4, 0.5) is 18.9 Å². The van der Waals surface area contributed by atoms with E-state index in [0.29, 0.717) is 18.9 Å². The van der Waals surface area contributed by atoms with Crippen molar-refractivity contribution in [2.45, 2.75) is 69.0 Å². The summed E-state index contributed by atoms with van der Waals surface area (Å²) in [7, 11) is -3.83. The van der Waals surface area contributed by atoms with Crippen LogP contribution < -0.4 is 19.1 Å². The molecule has 1 saturated heterocycles. The van der Waals surface area contributed by atoms with Crippen LogP contribution in [0.25, 0.3) is 0 Å². The Labute approximate surface area is 216 Å². The summed E-state index contributed by atoms with van der Waals surface area (Å²) in [6.45, 7) is 7.72. The number of anilines is 1. The molecule has 0 aromatic heterocycles. The quantitative estimate of drug-likeness (QED) is 0.519. The molecular formula is C26H34F3N3O4S. The van der Waals surface area contributed by atoms with Crippen molar-refractivity contribution in [2.75, 3.05) is 31.1 Å². The normalized spacial score (nSPS) is 21.7. The first-order valence-corrected chi connectivity index (χ1v) is 14.1. The summed E-state index contributed by atoms with van der Waals surface area (Å²) in [6, 6.07) is 12.6. The van der Waals surface area contributed by atoms with Crippen molar-refractivity contribution in [1.82, 2.24) is 9.62 Å². The van der Waals surface area contributed by atoms with Gasteiger partial charge in [0.15, 0.2) is 0 Å². The number of alkyl halides is 3. The van der Waals surface area contributed by atoms with Crippen LogP contribution in [0.2, 0.25) is 0 Å². The summed E-state index contributed by atoms with van der Waals surface area (Å²) in [5.41, 5.74) is 1.12. The molecule has 4 rings (SSSR count). The number of nitrogens with one attached hydrogen (secondary N) is 1. The Hall–Kier alpha value is -2.50. The Morgan fingerprint density at radius 2 is 1.54 bits per heavy atom. The van der Waals surface area contributed by atoms with E-state index in [-0.39, 0.29) is 17.0 Å². The van der Waals surface area contributed by atoms with Crippen molar-refractivity contribution in [1.29, 1.82) is 0 Å². The molecule has 0 atom stereocenters. The Balaban J connectivity index is 1.26. The number of ether oxygens (including phenoxy) is 2. The van der Waals surface area contributed by atoms with Gasteiger partial charge in [-0.3, -0.25) is 4.90 Å². The number of rotatable bonds is 8. The molecular weight excluding hydrogens is 507 g/mol. The summed E-state index contributed by atoms with van der Waals surface area (Å²) < 4.78 is 75.0. The molecule has 37 heavy (non-hydrogen) atoms. The van der Waals surface area contributed by atoms with Crippen molar-refractivity contribution in [3.8, 4) is 11.5 Å². The molecule has 2 fully saturated rings. The molecule has 0 bridgehead atoms. The highest BCUT2D eigenvalue weighted by Crippen LogP contribution is 2.31. The lowest BCUT2D eigenvalue weighted by molar-refractivity contribution is -0.274. The predicted molar refractivity (Wildman–Crippen MR) is 135 cm³/mol. The van der Waals surface area contributed by atoms with Crippen LogP contribution in [-0.4, -0.2) is 64.0 Å². The zero-order valence-corrected chi connectivity index (χ0v) is 21.9. The molecule has 1 heterocycles. The number of sulfonamides is 1. The molecule has 0 spiro atoms. The fourth-order valence-corrected chi connectivity index (χ4v) is 6.37. The molecule has 11 heteroatoms. The van der Waals surface area contributed by atoms with Crippen LogP contribution >= 0.6 is 0 Å². The minimum Gasteiger partial charge on any atom is -0.489 e. The minimum atomic E-state index is -4.82. The Morgan fingerprint density at radius 3 is 2.14 bits per heavy atom. The number of benzene rings is 2. The summed E-state index contributed by atoms with van der Waals surface area (Å²) in [6.07, 6.45) is -1.51. The number of hydrogen-bond donors (Lipinski definition) is 1. The first-order chi connectivity index (χ1) is 17.5. The van der Waals surface area contributed by atoms with Crippen molar-refractivity contribution < 1.29 is 31.1 Å². The van der Waals surface area contributed by atoms with Gasteiger partial charge in [0.25, 0.3) is 0 Å². The molecule has 2 aromatic rings. The van der Waals surface area contributed by atoms with E-state index in [4.69, 9.17) is 4.74 Å². The summed E-state index contributed by atoms with van der Waals surface area (Å²) >= 11 is 0. The monoisotopic (exact) mass is 541 g/mol. The second kappa shape index (κ2) is 11.5. The standard InChI is InChI=1S/C26H34F3N3O4S/c1-19(2)35-25-6-4-3-5-24(25)32-17-15-31(16-18-32)21-9-7-20(8-10-21)30-37(33,34)23-13-11-22(12-14-23)36-26(27,28)29/h3-6,11-14,19-21,30H,7-10,15-18H2,1-2H3. The largest absolute Gasteiger partial charge is 0.573 e. The van der Waals surface area contributed by atoms with Gasteiger partial charge in [0, 0.05) is 38.3 Å². The second-order valence-electron chi connectivity index (χ2n) is 9.80. The smallest absolute Gasteiger partial charge is 0.489 e. The average Bonchev–Trinajstić information content (AvgIpc) is 2.84. The molecule has 0 amide bonds. The third-order valence-corrected chi connectivity index (χ3v) is 8.32. The van der Waals surface area contributed by atoms with E-state index in [0.717, 1.165) is 74.7 Å². The molecule has 7 nitrogen and oxygen atoms in total. The van der Waals surface area contributed by atoms with E-state index in [1.54, 1.807) is 0 Å². The molecule has 2 aromatic carbocycles. The van der Waals surface area contributed by atoms with E-state index in [1.165, 1.54) is 0 Å². The van der Waals surface area contributed by atoms with E-state index in [1.807, 2.05) is 32.0 Å². The fraction of sp³-hybridized carbons (Fsp3) is 0.538. The Kier molecular flexibility index (Phi) is 8.55. The lowest BCUT2D eigenvalue weighted by Gasteiger charge is -2.43. The highest BCUT2D eigenvalue weighted by molar-refractivity contribution is 7.89.